The smallest absolute Gasteiger partial charge is 0.272 e. The van der Waals surface area contributed by atoms with Gasteiger partial charge in [-0.15, -0.1) is 0 Å². The molecular formula is C18H21N3O3. The molecule has 0 radical (unpaired) electrons. The van der Waals surface area contributed by atoms with E-state index in [1.54, 1.807) is 29.0 Å². The monoisotopic (exact) mass is 327 g/mol. The van der Waals surface area contributed by atoms with Gasteiger partial charge >= 0.3 is 0 Å². The van der Waals surface area contributed by atoms with E-state index in [2.05, 4.69) is 4.98 Å². The van der Waals surface area contributed by atoms with Gasteiger partial charge in [0.15, 0.2) is 0 Å². The van der Waals surface area contributed by atoms with Gasteiger partial charge in [-0.3, -0.25) is 4.79 Å². The summed E-state index contributed by atoms with van der Waals surface area (Å²) >= 11 is 0. The Morgan fingerprint density at radius 3 is 2.75 bits per heavy atom. The predicted octanol–water partition coefficient (Wildman–Crippen LogP) is 0.629. The van der Waals surface area contributed by atoms with Crippen LogP contribution < -0.4 is 0 Å². The molecule has 2 aliphatic rings. The van der Waals surface area contributed by atoms with Gasteiger partial charge in [0.05, 0.1) is 18.6 Å². The van der Waals surface area contributed by atoms with E-state index in [1.165, 1.54) is 0 Å². The predicted molar refractivity (Wildman–Crippen MR) is 87.3 cm³/mol. The van der Waals surface area contributed by atoms with Crippen molar-refractivity contribution < 1.29 is 15.0 Å². The summed E-state index contributed by atoms with van der Waals surface area (Å²) in [5, 5.41) is 20.5. The third-order valence-electron chi connectivity index (χ3n) is 5.72. The van der Waals surface area contributed by atoms with Crippen LogP contribution in [-0.4, -0.2) is 56.4 Å². The van der Waals surface area contributed by atoms with Crippen molar-refractivity contribution in [2.45, 2.75) is 12.0 Å². The Kier molecular flexibility index (Phi) is 3.47. The fourth-order valence-corrected chi connectivity index (χ4v) is 4.45. The van der Waals surface area contributed by atoms with Crippen LogP contribution in [0.4, 0.5) is 0 Å². The SMILES string of the molecule is Cn1cncc1C(=O)N1C[C@@H](O)[C@@]2(C1)[C@H](CO)[C@H]2c1ccccc1. The Labute approximate surface area is 140 Å². The minimum Gasteiger partial charge on any atom is -0.396 e. The minimum absolute atomic E-state index is 0.0146. The highest BCUT2D eigenvalue weighted by Crippen LogP contribution is 2.68. The van der Waals surface area contributed by atoms with Crippen LogP contribution in [0, 0.1) is 11.3 Å². The molecule has 2 aromatic rings. The zero-order chi connectivity index (χ0) is 16.9. The van der Waals surface area contributed by atoms with Crippen molar-refractivity contribution >= 4 is 5.91 Å². The van der Waals surface area contributed by atoms with E-state index >= 15 is 0 Å². The average Bonchev–Trinajstić information content (AvgIpc) is 2.82. The number of aromatic nitrogens is 2. The van der Waals surface area contributed by atoms with E-state index in [4.69, 9.17) is 0 Å². The van der Waals surface area contributed by atoms with Gasteiger partial charge in [0.1, 0.15) is 5.69 Å². The summed E-state index contributed by atoms with van der Waals surface area (Å²) in [4.78, 5) is 18.4. The third kappa shape index (κ3) is 2.03. The molecule has 6 nitrogen and oxygen atoms in total. The van der Waals surface area contributed by atoms with Crippen LogP contribution >= 0.6 is 0 Å². The molecule has 1 saturated heterocycles. The molecule has 6 heteroatoms. The molecule has 2 heterocycles. The highest BCUT2D eigenvalue weighted by atomic mass is 16.3. The second kappa shape index (κ2) is 5.43. The maximum atomic E-state index is 12.7. The van der Waals surface area contributed by atoms with E-state index in [0.717, 1.165) is 5.56 Å². The zero-order valence-corrected chi connectivity index (χ0v) is 13.5. The largest absolute Gasteiger partial charge is 0.396 e. The normalized spacial score (nSPS) is 31.6. The Hall–Kier alpha value is -2.18. The molecule has 1 amide bonds. The summed E-state index contributed by atoms with van der Waals surface area (Å²) < 4.78 is 1.69. The summed E-state index contributed by atoms with van der Waals surface area (Å²) in [6.45, 7) is 0.775. The van der Waals surface area contributed by atoms with E-state index in [9.17, 15) is 15.0 Å². The molecule has 1 aliphatic carbocycles. The van der Waals surface area contributed by atoms with Crippen molar-refractivity contribution in [1.29, 1.82) is 0 Å². The Bertz CT molecular complexity index is 760. The van der Waals surface area contributed by atoms with Crippen LogP contribution in [0.25, 0.3) is 0 Å². The molecule has 1 saturated carbocycles. The molecular weight excluding hydrogens is 306 g/mol. The number of rotatable bonds is 3. The van der Waals surface area contributed by atoms with Crippen LogP contribution in [-0.2, 0) is 7.05 Å². The summed E-state index contributed by atoms with van der Waals surface area (Å²) in [5.41, 5.74) is 1.19. The number of aryl methyl sites for hydroxylation is 1. The van der Waals surface area contributed by atoms with Gasteiger partial charge in [-0.1, -0.05) is 30.3 Å². The number of hydrogen-bond donors (Lipinski definition) is 2. The highest BCUT2D eigenvalue weighted by molar-refractivity contribution is 5.92. The quantitative estimate of drug-likeness (QED) is 0.867. The van der Waals surface area contributed by atoms with Gasteiger partial charge in [-0.05, 0) is 17.4 Å². The molecule has 1 spiro atoms. The molecule has 0 bridgehead atoms. The van der Waals surface area contributed by atoms with E-state index in [0.29, 0.717) is 18.8 Å². The van der Waals surface area contributed by atoms with Gasteiger partial charge in [0.2, 0.25) is 0 Å². The molecule has 1 aliphatic heterocycles. The Morgan fingerprint density at radius 2 is 2.12 bits per heavy atom. The van der Waals surface area contributed by atoms with Crippen LogP contribution in [0.3, 0.4) is 0 Å². The van der Waals surface area contributed by atoms with Crippen molar-refractivity contribution in [2.24, 2.45) is 18.4 Å². The molecule has 2 fully saturated rings. The first kappa shape index (κ1) is 15.4. The molecule has 126 valence electrons. The maximum Gasteiger partial charge on any atom is 0.272 e. The number of likely N-dealkylation sites (tertiary alicyclic amines) is 1. The first-order chi connectivity index (χ1) is 11.6. The number of amides is 1. The van der Waals surface area contributed by atoms with Crippen LogP contribution in [0.2, 0.25) is 0 Å². The summed E-state index contributed by atoms with van der Waals surface area (Å²) in [7, 11) is 1.78. The van der Waals surface area contributed by atoms with Gasteiger partial charge in [-0.25, -0.2) is 4.98 Å². The number of imidazole rings is 1. The molecule has 4 atom stereocenters. The van der Waals surface area contributed by atoms with Crippen molar-refractivity contribution in [3.05, 3.63) is 54.1 Å². The molecule has 2 N–H and O–H groups in total. The average molecular weight is 327 g/mol. The number of carbonyl (C=O) groups is 1. The highest BCUT2D eigenvalue weighted by Gasteiger charge is 2.71. The summed E-state index contributed by atoms with van der Waals surface area (Å²) in [6.07, 6.45) is 2.51. The summed E-state index contributed by atoms with van der Waals surface area (Å²) in [5.74, 6) is -0.0522. The first-order valence-electron chi connectivity index (χ1n) is 8.19. The minimum atomic E-state index is -0.628. The summed E-state index contributed by atoms with van der Waals surface area (Å²) in [6, 6.07) is 9.95. The zero-order valence-electron chi connectivity index (χ0n) is 13.5. The maximum absolute atomic E-state index is 12.7. The van der Waals surface area contributed by atoms with Crippen molar-refractivity contribution in [1.82, 2.24) is 14.5 Å². The fourth-order valence-electron chi connectivity index (χ4n) is 4.45. The van der Waals surface area contributed by atoms with E-state index in [-0.39, 0.29) is 24.3 Å². The first-order valence-corrected chi connectivity index (χ1v) is 8.19. The molecule has 1 aromatic heterocycles. The van der Waals surface area contributed by atoms with E-state index in [1.807, 2.05) is 30.3 Å². The number of nitrogens with zero attached hydrogens (tertiary/aromatic N) is 3. The molecule has 4 rings (SSSR count). The van der Waals surface area contributed by atoms with Gasteiger partial charge < -0.3 is 19.7 Å². The van der Waals surface area contributed by atoms with Crippen molar-refractivity contribution in [3.8, 4) is 0 Å². The van der Waals surface area contributed by atoms with Crippen molar-refractivity contribution in [3.63, 3.8) is 0 Å². The number of aliphatic hydroxyl groups is 2. The van der Waals surface area contributed by atoms with Crippen molar-refractivity contribution in [2.75, 3.05) is 19.7 Å². The third-order valence-corrected chi connectivity index (χ3v) is 5.72. The van der Waals surface area contributed by atoms with Gasteiger partial charge in [0.25, 0.3) is 5.91 Å². The van der Waals surface area contributed by atoms with Gasteiger partial charge in [-0.2, -0.15) is 0 Å². The number of aliphatic hydroxyl groups excluding tert-OH is 2. The molecule has 0 unspecified atom stereocenters. The lowest BCUT2D eigenvalue weighted by molar-refractivity contribution is 0.0754. The Balaban J connectivity index is 1.61. The molecule has 1 aromatic carbocycles. The number of hydrogen-bond acceptors (Lipinski definition) is 4. The van der Waals surface area contributed by atoms with Gasteiger partial charge in [0, 0.05) is 32.2 Å². The van der Waals surface area contributed by atoms with E-state index < -0.39 is 11.5 Å². The standard InChI is InChI=1S/C18H21N3O3/c1-20-11-19-7-14(20)17(24)21-8-15(23)18(10-21)13(9-22)16(18)12-5-3-2-4-6-12/h2-7,11,13,15-16,22-23H,8-10H2,1H3/t13-,15-,16-,18-/m1/s1. The van der Waals surface area contributed by atoms with Crippen LogP contribution in [0.1, 0.15) is 22.0 Å². The number of β-amino-alcohol motifs (C(OH)–C–C–N with tert-alkyl or cyclic N) is 1. The van der Waals surface area contributed by atoms with Crippen LogP contribution in [0.5, 0.6) is 0 Å². The van der Waals surface area contributed by atoms with Crippen LogP contribution in [0.15, 0.2) is 42.9 Å². The number of benzene rings is 1. The lowest BCUT2D eigenvalue weighted by Crippen LogP contribution is -2.31. The lowest BCUT2D eigenvalue weighted by Gasteiger charge is -2.16. The number of carbonyl (C=O) groups excluding carboxylic acids is 1. The lowest BCUT2D eigenvalue weighted by atomic mass is 9.95. The second-order valence-corrected chi connectivity index (χ2v) is 6.88. The Morgan fingerprint density at radius 1 is 1.38 bits per heavy atom. The molecule has 24 heavy (non-hydrogen) atoms. The second-order valence-electron chi connectivity index (χ2n) is 6.88. The topological polar surface area (TPSA) is 78.6 Å². The fraction of sp³-hybridized carbons (Fsp3) is 0.444.